The molecule has 0 aliphatic carbocycles. The van der Waals surface area contributed by atoms with Crippen LogP contribution in [0, 0.1) is 5.92 Å². The van der Waals surface area contributed by atoms with Crippen LogP contribution in [0.15, 0.2) is 12.4 Å². The van der Waals surface area contributed by atoms with Crippen molar-refractivity contribution in [2.45, 2.75) is 18.9 Å². The third-order valence-electron chi connectivity index (χ3n) is 3.45. The van der Waals surface area contributed by atoms with E-state index in [0.29, 0.717) is 25.9 Å². The van der Waals surface area contributed by atoms with E-state index in [0.717, 1.165) is 25.1 Å². The zero-order valence-electron chi connectivity index (χ0n) is 10.2. The van der Waals surface area contributed by atoms with E-state index in [1.807, 2.05) is 10.9 Å². The highest BCUT2D eigenvalue weighted by Gasteiger charge is 2.24. The predicted molar refractivity (Wildman–Crippen MR) is 64.3 cm³/mol. The zero-order chi connectivity index (χ0) is 12.4. The minimum Gasteiger partial charge on any atom is -0.381 e. The molecule has 1 aromatic rings. The molecule has 0 spiro atoms. The van der Waals surface area contributed by atoms with Crippen LogP contribution in [-0.4, -0.2) is 42.1 Å². The summed E-state index contributed by atoms with van der Waals surface area (Å²) in [6.07, 6.45) is 5.33. The van der Waals surface area contributed by atoms with Gasteiger partial charge in [-0.3, -0.25) is 9.48 Å². The monoisotopic (exact) mass is 251 g/mol. The van der Waals surface area contributed by atoms with Crippen molar-refractivity contribution in [1.29, 1.82) is 0 Å². The summed E-state index contributed by atoms with van der Waals surface area (Å²) in [5.74, 6) is -0.00196. The van der Waals surface area contributed by atoms with Crippen LogP contribution in [0.4, 0.5) is 5.69 Å². The van der Waals surface area contributed by atoms with Crippen molar-refractivity contribution < 1.29 is 14.3 Å². The number of carbonyl (C=O) groups is 1. The Bertz CT molecular complexity index is 420. The fourth-order valence-electron chi connectivity index (χ4n) is 2.32. The van der Waals surface area contributed by atoms with E-state index in [4.69, 9.17) is 9.47 Å². The molecule has 98 valence electrons. The van der Waals surface area contributed by atoms with Gasteiger partial charge in [0.25, 0.3) is 0 Å². The van der Waals surface area contributed by atoms with Gasteiger partial charge in [-0.25, -0.2) is 0 Å². The Morgan fingerprint density at radius 1 is 1.33 bits per heavy atom. The second kappa shape index (κ2) is 5.07. The third kappa shape index (κ3) is 2.39. The summed E-state index contributed by atoms with van der Waals surface area (Å²) >= 11 is 0. The standard InChI is InChI=1S/C12H17N3O3/c16-12(9-1-3-17-7-9)14-10-5-13-15(6-10)11-2-4-18-8-11/h5-6,9,11H,1-4,7-8H2,(H,14,16)/t9-,11+/m1/s1. The summed E-state index contributed by atoms with van der Waals surface area (Å²) in [5.41, 5.74) is 0.749. The Morgan fingerprint density at radius 2 is 2.17 bits per heavy atom. The van der Waals surface area contributed by atoms with Crippen LogP contribution in [0.5, 0.6) is 0 Å². The summed E-state index contributed by atoms with van der Waals surface area (Å²) in [6.45, 7) is 2.68. The Hall–Kier alpha value is -1.40. The lowest BCUT2D eigenvalue weighted by Gasteiger charge is -2.08. The topological polar surface area (TPSA) is 65.4 Å². The summed E-state index contributed by atoms with van der Waals surface area (Å²) in [6, 6.07) is 0.297. The van der Waals surface area contributed by atoms with Crippen molar-refractivity contribution in [1.82, 2.24) is 9.78 Å². The average molecular weight is 251 g/mol. The minimum absolute atomic E-state index is 0.0229. The molecule has 3 heterocycles. The van der Waals surface area contributed by atoms with Crippen molar-refractivity contribution in [3.63, 3.8) is 0 Å². The molecule has 2 atom stereocenters. The Balaban J connectivity index is 1.60. The SMILES string of the molecule is O=C(Nc1cnn([C@H]2CCOC2)c1)[C@@H]1CCOC1. The van der Waals surface area contributed by atoms with E-state index in [1.165, 1.54) is 0 Å². The summed E-state index contributed by atoms with van der Waals surface area (Å²) < 4.78 is 12.4. The van der Waals surface area contributed by atoms with Gasteiger partial charge in [-0.15, -0.1) is 0 Å². The van der Waals surface area contributed by atoms with E-state index in [-0.39, 0.29) is 11.8 Å². The van der Waals surface area contributed by atoms with E-state index < -0.39 is 0 Å². The third-order valence-corrected chi connectivity index (χ3v) is 3.45. The lowest BCUT2D eigenvalue weighted by molar-refractivity contribution is -0.119. The number of aromatic nitrogens is 2. The Labute approximate surface area is 105 Å². The van der Waals surface area contributed by atoms with Crippen LogP contribution in [0.1, 0.15) is 18.9 Å². The van der Waals surface area contributed by atoms with Crippen molar-refractivity contribution >= 4 is 11.6 Å². The molecule has 1 amide bonds. The van der Waals surface area contributed by atoms with Gasteiger partial charge in [-0.05, 0) is 12.8 Å². The maximum absolute atomic E-state index is 11.9. The lowest BCUT2D eigenvalue weighted by Crippen LogP contribution is -2.22. The van der Waals surface area contributed by atoms with E-state index >= 15 is 0 Å². The second-order valence-corrected chi connectivity index (χ2v) is 4.78. The number of nitrogens with zero attached hydrogens (tertiary/aromatic N) is 2. The van der Waals surface area contributed by atoms with Crippen LogP contribution < -0.4 is 5.32 Å². The number of anilines is 1. The van der Waals surface area contributed by atoms with Crippen LogP contribution in [-0.2, 0) is 14.3 Å². The first-order valence-electron chi connectivity index (χ1n) is 6.33. The Morgan fingerprint density at radius 3 is 2.89 bits per heavy atom. The molecule has 1 N–H and O–H groups in total. The predicted octanol–water partition coefficient (Wildman–Crippen LogP) is 0.819. The van der Waals surface area contributed by atoms with Crippen LogP contribution in [0.2, 0.25) is 0 Å². The molecule has 3 rings (SSSR count). The van der Waals surface area contributed by atoms with Gasteiger partial charge in [0.1, 0.15) is 0 Å². The van der Waals surface area contributed by atoms with Crippen LogP contribution in [0.25, 0.3) is 0 Å². The molecule has 0 bridgehead atoms. The molecule has 0 radical (unpaired) electrons. The minimum atomic E-state index is -0.0248. The number of hydrogen-bond donors (Lipinski definition) is 1. The lowest BCUT2D eigenvalue weighted by atomic mass is 10.1. The number of nitrogens with one attached hydrogen (secondary N) is 1. The first kappa shape index (κ1) is 11.7. The van der Waals surface area contributed by atoms with Crippen molar-refractivity contribution in [3.8, 4) is 0 Å². The van der Waals surface area contributed by atoms with E-state index in [9.17, 15) is 4.79 Å². The molecule has 6 heteroatoms. The molecule has 0 aromatic carbocycles. The van der Waals surface area contributed by atoms with Gasteiger partial charge in [0.05, 0.1) is 37.1 Å². The highest BCUT2D eigenvalue weighted by molar-refractivity contribution is 5.92. The molecule has 0 saturated carbocycles. The highest BCUT2D eigenvalue weighted by Crippen LogP contribution is 2.20. The largest absolute Gasteiger partial charge is 0.381 e. The second-order valence-electron chi connectivity index (χ2n) is 4.78. The number of amides is 1. The van der Waals surface area contributed by atoms with E-state index in [1.54, 1.807) is 6.20 Å². The molecule has 2 fully saturated rings. The van der Waals surface area contributed by atoms with Crippen LogP contribution >= 0.6 is 0 Å². The van der Waals surface area contributed by atoms with Gasteiger partial charge in [-0.2, -0.15) is 5.10 Å². The van der Waals surface area contributed by atoms with Gasteiger partial charge in [0, 0.05) is 19.4 Å². The van der Waals surface area contributed by atoms with Crippen molar-refractivity contribution in [2.75, 3.05) is 31.7 Å². The van der Waals surface area contributed by atoms with Gasteiger partial charge in [-0.1, -0.05) is 0 Å². The number of carbonyl (C=O) groups excluding carboxylic acids is 1. The van der Waals surface area contributed by atoms with Gasteiger partial charge in [0.2, 0.25) is 5.91 Å². The highest BCUT2D eigenvalue weighted by atomic mass is 16.5. The molecule has 6 nitrogen and oxygen atoms in total. The van der Waals surface area contributed by atoms with E-state index in [2.05, 4.69) is 10.4 Å². The smallest absolute Gasteiger partial charge is 0.229 e. The van der Waals surface area contributed by atoms with Crippen molar-refractivity contribution in [2.24, 2.45) is 5.92 Å². The van der Waals surface area contributed by atoms with Gasteiger partial charge >= 0.3 is 0 Å². The summed E-state index contributed by atoms with van der Waals surface area (Å²) in [4.78, 5) is 11.9. The van der Waals surface area contributed by atoms with Crippen LogP contribution in [0.3, 0.4) is 0 Å². The van der Waals surface area contributed by atoms with Gasteiger partial charge in [0.15, 0.2) is 0 Å². The summed E-state index contributed by atoms with van der Waals surface area (Å²) in [7, 11) is 0. The fourth-order valence-corrected chi connectivity index (χ4v) is 2.32. The molecular formula is C12H17N3O3. The molecule has 2 aliphatic rings. The first-order valence-corrected chi connectivity index (χ1v) is 6.33. The molecule has 0 unspecified atom stereocenters. The normalized spacial score (nSPS) is 27.6. The maximum atomic E-state index is 11.9. The zero-order valence-corrected chi connectivity index (χ0v) is 10.2. The van der Waals surface area contributed by atoms with Gasteiger partial charge < -0.3 is 14.8 Å². The number of ether oxygens (including phenoxy) is 2. The van der Waals surface area contributed by atoms with Crippen molar-refractivity contribution in [3.05, 3.63) is 12.4 Å². The maximum Gasteiger partial charge on any atom is 0.229 e. The quantitative estimate of drug-likeness (QED) is 0.863. The number of rotatable bonds is 3. The molecule has 2 saturated heterocycles. The number of hydrogen-bond acceptors (Lipinski definition) is 4. The Kier molecular flexibility index (Phi) is 3.29. The fraction of sp³-hybridized carbons (Fsp3) is 0.667. The molecular weight excluding hydrogens is 234 g/mol. The molecule has 1 aromatic heterocycles. The first-order chi connectivity index (χ1) is 8.83. The summed E-state index contributed by atoms with van der Waals surface area (Å²) in [5, 5.41) is 7.15. The average Bonchev–Trinajstić information content (AvgIpc) is 3.12. The molecule has 2 aliphatic heterocycles. The molecule has 18 heavy (non-hydrogen) atoms.